The van der Waals surface area contributed by atoms with Gasteiger partial charge in [0.1, 0.15) is 6.07 Å². The molecule has 218 valence electrons. The van der Waals surface area contributed by atoms with Crippen LogP contribution >= 0.6 is 11.3 Å². The molecule has 10 aromatic rings. The van der Waals surface area contributed by atoms with E-state index in [0.717, 1.165) is 44.2 Å². The maximum Gasteiger partial charge on any atom is 0.159 e. The van der Waals surface area contributed by atoms with Crippen LogP contribution in [0.2, 0.25) is 0 Å². The van der Waals surface area contributed by atoms with Crippen molar-refractivity contribution in [3.8, 4) is 34.0 Å². The molecule has 3 heterocycles. The lowest BCUT2D eigenvalue weighted by Crippen LogP contribution is -1.94. The van der Waals surface area contributed by atoms with E-state index in [0.29, 0.717) is 11.1 Å². The zero-order valence-corrected chi connectivity index (χ0v) is 25.9. The SMILES string of the molecule is N#Cc1ccc(-c2cccc3c2sc2ccccc23)c2c1oc1c(-n3c4ccccc4c4cc(-c5ccccc5)ccc43)cccc12. The van der Waals surface area contributed by atoms with Crippen molar-refractivity contribution in [3.05, 3.63) is 151 Å². The number of nitrogens with zero attached hydrogens (tertiary/aromatic N) is 2. The molecule has 0 N–H and O–H groups in total. The average Bonchev–Trinajstić information content (AvgIpc) is 3.81. The lowest BCUT2D eigenvalue weighted by atomic mass is 9.96. The first-order chi connectivity index (χ1) is 23.3. The van der Waals surface area contributed by atoms with Crippen molar-refractivity contribution >= 4 is 75.3 Å². The molecule has 0 radical (unpaired) electrons. The topological polar surface area (TPSA) is 41.9 Å². The number of para-hydroxylation sites is 2. The van der Waals surface area contributed by atoms with Crippen LogP contribution in [0.3, 0.4) is 0 Å². The standard InChI is InChI=1S/C43H24N2OS/c44-25-28-20-22-31(33-15-8-14-32-30-13-5-7-19-39(30)47-43(32)33)40-34-16-9-18-38(42(34)46-41(28)40)45-36-17-6-4-12-29(36)35-24-27(21-23-37(35)45)26-10-2-1-3-11-26/h1-24H. The first-order valence-electron chi connectivity index (χ1n) is 15.7. The van der Waals surface area contributed by atoms with Crippen molar-refractivity contribution in [3.63, 3.8) is 0 Å². The Hall–Kier alpha value is -6.15. The molecule has 0 unspecified atom stereocenters. The van der Waals surface area contributed by atoms with Crippen LogP contribution in [0.15, 0.2) is 150 Å². The molecule has 4 heteroatoms. The van der Waals surface area contributed by atoms with Crippen LogP contribution in [0.25, 0.3) is 91.9 Å². The quantitative estimate of drug-likeness (QED) is 0.198. The molecular weight excluding hydrogens is 593 g/mol. The molecule has 3 nitrogen and oxygen atoms in total. The van der Waals surface area contributed by atoms with Crippen LogP contribution in [-0.2, 0) is 0 Å². The molecule has 0 aliphatic carbocycles. The Morgan fingerprint density at radius 2 is 1.28 bits per heavy atom. The fraction of sp³-hybridized carbons (Fsp3) is 0. The number of hydrogen-bond donors (Lipinski definition) is 0. The van der Waals surface area contributed by atoms with Crippen LogP contribution in [0.1, 0.15) is 5.56 Å². The molecular formula is C43H24N2OS. The number of nitriles is 1. The van der Waals surface area contributed by atoms with E-state index in [1.54, 1.807) is 0 Å². The van der Waals surface area contributed by atoms with E-state index in [2.05, 4.69) is 144 Å². The Labute approximate surface area is 273 Å². The lowest BCUT2D eigenvalue weighted by Gasteiger charge is -2.09. The zero-order chi connectivity index (χ0) is 31.1. The van der Waals surface area contributed by atoms with Gasteiger partial charge < -0.3 is 8.98 Å². The number of aromatic nitrogens is 1. The summed E-state index contributed by atoms with van der Waals surface area (Å²) in [5, 5.41) is 17.1. The van der Waals surface area contributed by atoms with E-state index in [-0.39, 0.29) is 0 Å². The third-order valence-corrected chi connectivity index (χ3v) is 10.7. The molecule has 0 saturated carbocycles. The fourth-order valence-electron chi connectivity index (χ4n) is 7.38. The minimum absolute atomic E-state index is 0.532. The summed E-state index contributed by atoms with van der Waals surface area (Å²) in [6.45, 7) is 0. The zero-order valence-electron chi connectivity index (χ0n) is 25.1. The summed E-state index contributed by atoms with van der Waals surface area (Å²) in [4.78, 5) is 0. The van der Waals surface area contributed by atoms with Gasteiger partial charge in [-0.15, -0.1) is 11.3 Å². The normalized spacial score (nSPS) is 11.8. The Kier molecular flexibility index (Phi) is 5.51. The van der Waals surface area contributed by atoms with Crippen LogP contribution in [0, 0.1) is 11.3 Å². The van der Waals surface area contributed by atoms with Gasteiger partial charge in [0.15, 0.2) is 11.2 Å². The first kappa shape index (κ1) is 26.1. The monoisotopic (exact) mass is 616 g/mol. The summed E-state index contributed by atoms with van der Waals surface area (Å²) in [7, 11) is 0. The van der Waals surface area contributed by atoms with Gasteiger partial charge in [-0.05, 0) is 53.1 Å². The van der Waals surface area contributed by atoms with E-state index >= 15 is 0 Å². The number of rotatable bonds is 3. The second-order valence-electron chi connectivity index (χ2n) is 12.0. The van der Waals surface area contributed by atoms with Gasteiger partial charge in [0.25, 0.3) is 0 Å². The Bertz CT molecular complexity index is 2920. The molecule has 10 rings (SSSR count). The van der Waals surface area contributed by atoms with E-state index in [9.17, 15) is 5.26 Å². The number of fused-ring (bicyclic) bond motifs is 9. The Morgan fingerprint density at radius 3 is 2.17 bits per heavy atom. The highest BCUT2D eigenvalue weighted by Crippen LogP contribution is 2.46. The summed E-state index contributed by atoms with van der Waals surface area (Å²) in [5.41, 5.74) is 9.68. The first-order valence-corrected chi connectivity index (χ1v) is 16.5. The largest absolute Gasteiger partial charge is 0.452 e. The van der Waals surface area contributed by atoms with Gasteiger partial charge in [0.2, 0.25) is 0 Å². The van der Waals surface area contributed by atoms with E-state index in [4.69, 9.17) is 4.42 Å². The van der Waals surface area contributed by atoms with E-state index in [1.165, 1.54) is 42.1 Å². The van der Waals surface area contributed by atoms with Crippen molar-refractivity contribution < 1.29 is 4.42 Å². The molecule has 0 spiro atoms. The molecule has 0 fully saturated rings. The molecule has 7 aromatic carbocycles. The summed E-state index contributed by atoms with van der Waals surface area (Å²) in [6, 6.07) is 53.6. The van der Waals surface area contributed by atoms with Crippen molar-refractivity contribution in [1.82, 2.24) is 4.57 Å². The highest BCUT2D eigenvalue weighted by Gasteiger charge is 2.22. The Morgan fingerprint density at radius 1 is 0.532 bits per heavy atom. The molecule has 0 atom stereocenters. The van der Waals surface area contributed by atoms with E-state index < -0.39 is 0 Å². The van der Waals surface area contributed by atoms with Gasteiger partial charge in [-0.25, -0.2) is 0 Å². The second kappa shape index (κ2) is 9.92. The van der Waals surface area contributed by atoms with Gasteiger partial charge in [-0.1, -0.05) is 109 Å². The van der Waals surface area contributed by atoms with Gasteiger partial charge in [-0.3, -0.25) is 0 Å². The highest BCUT2D eigenvalue weighted by molar-refractivity contribution is 7.26. The highest BCUT2D eigenvalue weighted by atomic mass is 32.1. The maximum absolute atomic E-state index is 10.2. The van der Waals surface area contributed by atoms with E-state index in [1.807, 2.05) is 23.5 Å². The van der Waals surface area contributed by atoms with Crippen molar-refractivity contribution in [2.75, 3.05) is 0 Å². The van der Waals surface area contributed by atoms with Crippen LogP contribution in [-0.4, -0.2) is 4.57 Å². The summed E-state index contributed by atoms with van der Waals surface area (Å²) in [5.74, 6) is 0. The number of furan rings is 1. The van der Waals surface area contributed by atoms with Gasteiger partial charge in [0, 0.05) is 47.3 Å². The van der Waals surface area contributed by atoms with Gasteiger partial charge >= 0.3 is 0 Å². The van der Waals surface area contributed by atoms with Gasteiger partial charge in [-0.2, -0.15) is 5.26 Å². The number of hydrogen-bond acceptors (Lipinski definition) is 3. The summed E-state index contributed by atoms with van der Waals surface area (Å²) >= 11 is 1.81. The molecule has 47 heavy (non-hydrogen) atoms. The maximum atomic E-state index is 10.2. The molecule has 0 bridgehead atoms. The van der Waals surface area contributed by atoms with Crippen molar-refractivity contribution in [1.29, 1.82) is 5.26 Å². The van der Waals surface area contributed by atoms with Crippen LogP contribution in [0.5, 0.6) is 0 Å². The minimum Gasteiger partial charge on any atom is -0.452 e. The third-order valence-electron chi connectivity index (χ3n) is 9.46. The molecule has 3 aromatic heterocycles. The average molecular weight is 617 g/mol. The summed E-state index contributed by atoms with van der Waals surface area (Å²) < 4.78 is 11.6. The molecule has 0 aliphatic heterocycles. The molecule has 0 aliphatic rings. The minimum atomic E-state index is 0.532. The molecule has 0 saturated heterocycles. The third kappa shape index (κ3) is 3.72. The van der Waals surface area contributed by atoms with Crippen LogP contribution in [0.4, 0.5) is 0 Å². The summed E-state index contributed by atoms with van der Waals surface area (Å²) in [6.07, 6.45) is 0. The molecule has 0 amide bonds. The van der Waals surface area contributed by atoms with Gasteiger partial charge in [0.05, 0.1) is 22.3 Å². The number of thiophene rings is 1. The fourth-order valence-corrected chi connectivity index (χ4v) is 8.61. The second-order valence-corrected chi connectivity index (χ2v) is 13.0. The van der Waals surface area contributed by atoms with Crippen molar-refractivity contribution in [2.45, 2.75) is 0 Å². The smallest absolute Gasteiger partial charge is 0.159 e. The lowest BCUT2D eigenvalue weighted by molar-refractivity contribution is 0.665. The predicted molar refractivity (Wildman–Crippen MR) is 197 cm³/mol. The predicted octanol–water partition coefficient (Wildman–Crippen LogP) is 12.3. The Balaban J connectivity index is 1.28. The number of benzene rings is 7. The van der Waals surface area contributed by atoms with Crippen LogP contribution < -0.4 is 0 Å². The van der Waals surface area contributed by atoms with Crippen molar-refractivity contribution in [2.24, 2.45) is 0 Å².